The fourth-order valence-corrected chi connectivity index (χ4v) is 2.14. The third kappa shape index (κ3) is 3.58. The van der Waals surface area contributed by atoms with Crippen LogP contribution in [-0.4, -0.2) is 20.5 Å². The minimum absolute atomic E-state index is 0.0541. The van der Waals surface area contributed by atoms with Gasteiger partial charge in [0.1, 0.15) is 12.2 Å². The van der Waals surface area contributed by atoms with Gasteiger partial charge in [-0.25, -0.2) is 9.67 Å². The first-order valence-electron chi connectivity index (χ1n) is 6.32. The van der Waals surface area contributed by atoms with Crippen LogP contribution < -0.4 is 0 Å². The maximum atomic E-state index is 12.2. The van der Waals surface area contributed by atoms with E-state index in [0.29, 0.717) is 27.4 Å². The molecule has 0 fully saturated rings. The van der Waals surface area contributed by atoms with Gasteiger partial charge < -0.3 is 0 Å². The highest BCUT2D eigenvalue weighted by atomic mass is 35.5. The van der Waals surface area contributed by atoms with Crippen molar-refractivity contribution < 1.29 is 4.79 Å². The van der Waals surface area contributed by atoms with Gasteiger partial charge in [0.25, 0.3) is 0 Å². The van der Waals surface area contributed by atoms with Crippen molar-refractivity contribution in [2.45, 2.75) is 26.8 Å². The Hall–Kier alpha value is -1.39. The van der Waals surface area contributed by atoms with Crippen molar-refractivity contribution in [3.8, 4) is 0 Å². The van der Waals surface area contributed by atoms with Crippen LogP contribution in [0.4, 0.5) is 0 Å². The third-order valence-electron chi connectivity index (χ3n) is 2.79. The molecule has 4 nitrogen and oxygen atoms in total. The van der Waals surface area contributed by atoms with Gasteiger partial charge in [0, 0.05) is 12.1 Å². The molecule has 2 rings (SSSR count). The summed E-state index contributed by atoms with van der Waals surface area (Å²) in [5.74, 6) is 1.05. The third-order valence-corrected chi connectivity index (χ3v) is 3.53. The molecule has 0 amide bonds. The average Bonchev–Trinajstić information content (AvgIpc) is 2.79. The Bertz CT molecular complexity index is 623. The molecule has 0 aliphatic heterocycles. The highest BCUT2D eigenvalue weighted by Crippen LogP contribution is 2.23. The van der Waals surface area contributed by atoms with Gasteiger partial charge in [-0.3, -0.25) is 4.79 Å². The Morgan fingerprint density at radius 1 is 1.30 bits per heavy atom. The van der Waals surface area contributed by atoms with Crippen LogP contribution in [0.2, 0.25) is 10.0 Å². The highest BCUT2D eigenvalue weighted by molar-refractivity contribution is 6.42. The summed E-state index contributed by atoms with van der Waals surface area (Å²) in [5, 5.41) is 4.95. The van der Waals surface area contributed by atoms with Crippen LogP contribution in [0.1, 0.15) is 30.0 Å². The number of hydrogen-bond donors (Lipinski definition) is 0. The van der Waals surface area contributed by atoms with E-state index in [-0.39, 0.29) is 12.2 Å². The Morgan fingerprint density at radius 2 is 2.05 bits per heavy atom. The van der Waals surface area contributed by atoms with Gasteiger partial charge in [0.05, 0.1) is 16.5 Å². The fourth-order valence-electron chi connectivity index (χ4n) is 1.84. The molecule has 0 aliphatic rings. The smallest absolute Gasteiger partial charge is 0.170 e. The molecule has 0 atom stereocenters. The second-order valence-corrected chi connectivity index (χ2v) is 5.80. The highest BCUT2D eigenvalue weighted by Gasteiger charge is 2.14. The molecule has 2 aromatic rings. The van der Waals surface area contributed by atoms with Crippen molar-refractivity contribution >= 4 is 29.0 Å². The number of Topliss-reactive ketones (excluding diaryl/α,β-unsaturated/α-hetero) is 1. The Kier molecular flexibility index (Phi) is 4.78. The molecule has 0 bridgehead atoms. The fraction of sp³-hybridized carbons (Fsp3) is 0.357. The molecule has 1 aromatic heterocycles. The number of benzene rings is 1. The average molecular weight is 312 g/mol. The molecule has 0 saturated heterocycles. The van der Waals surface area contributed by atoms with E-state index >= 15 is 0 Å². The van der Waals surface area contributed by atoms with Crippen molar-refractivity contribution in [2.75, 3.05) is 0 Å². The van der Waals surface area contributed by atoms with Crippen molar-refractivity contribution in [3.05, 3.63) is 46.0 Å². The molecule has 1 aromatic carbocycles. The molecule has 0 spiro atoms. The standard InChI is InChI=1S/C14H15Cl2N3O/c1-9(2)7-19-14(17-8-18-19)6-13(20)10-3-4-11(15)12(16)5-10/h3-5,8-9H,6-7H2,1-2H3. The lowest BCUT2D eigenvalue weighted by Gasteiger charge is -2.08. The normalized spacial score (nSPS) is 11.1. The Balaban J connectivity index is 2.15. The number of ketones is 1. The maximum absolute atomic E-state index is 12.2. The molecule has 1 heterocycles. The molecule has 0 N–H and O–H groups in total. The first-order valence-corrected chi connectivity index (χ1v) is 7.08. The summed E-state index contributed by atoms with van der Waals surface area (Å²) in [6.45, 7) is 4.92. The number of hydrogen-bond acceptors (Lipinski definition) is 3. The largest absolute Gasteiger partial charge is 0.294 e. The van der Waals surface area contributed by atoms with E-state index in [1.165, 1.54) is 6.33 Å². The van der Waals surface area contributed by atoms with E-state index in [1.54, 1.807) is 22.9 Å². The van der Waals surface area contributed by atoms with Crippen LogP contribution in [0.15, 0.2) is 24.5 Å². The van der Waals surface area contributed by atoms with E-state index < -0.39 is 0 Å². The number of carbonyl (C=O) groups is 1. The minimum atomic E-state index is -0.0541. The molecule has 0 unspecified atom stereocenters. The van der Waals surface area contributed by atoms with Crippen molar-refractivity contribution in [2.24, 2.45) is 5.92 Å². The lowest BCUT2D eigenvalue weighted by molar-refractivity contribution is 0.0989. The minimum Gasteiger partial charge on any atom is -0.294 e. The van der Waals surface area contributed by atoms with Crippen LogP contribution in [0.25, 0.3) is 0 Å². The summed E-state index contributed by atoms with van der Waals surface area (Å²) in [5.41, 5.74) is 0.526. The van der Waals surface area contributed by atoms with Crippen LogP contribution in [0, 0.1) is 5.92 Å². The Morgan fingerprint density at radius 3 is 2.70 bits per heavy atom. The van der Waals surface area contributed by atoms with Gasteiger partial charge in [-0.1, -0.05) is 37.0 Å². The second-order valence-electron chi connectivity index (χ2n) is 4.98. The predicted molar refractivity (Wildman–Crippen MR) is 79.4 cm³/mol. The van der Waals surface area contributed by atoms with Crippen molar-refractivity contribution in [3.63, 3.8) is 0 Å². The molecule has 106 valence electrons. The zero-order valence-corrected chi connectivity index (χ0v) is 12.8. The van der Waals surface area contributed by atoms with Gasteiger partial charge in [0.2, 0.25) is 0 Å². The van der Waals surface area contributed by atoms with Crippen molar-refractivity contribution in [1.82, 2.24) is 14.8 Å². The van der Waals surface area contributed by atoms with Crippen LogP contribution in [-0.2, 0) is 13.0 Å². The van der Waals surface area contributed by atoms with Crippen molar-refractivity contribution in [1.29, 1.82) is 0 Å². The van der Waals surface area contributed by atoms with Crippen LogP contribution in [0.5, 0.6) is 0 Å². The molecular formula is C14H15Cl2N3O. The monoisotopic (exact) mass is 311 g/mol. The Labute approximate surface area is 127 Å². The second kappa shape index (κ2) is 6.37. The summed E-state index contributed by atoms with van der Waals surface area (Å²) >= 11 is 11.8. The summed E-state index contributed by atoms with van der Waals surface area (Å²) in [7, 11) is 0. The van der Waals surface area contributed by atoms with Gasteiger partial charge in [0.15, 0.2) is 5.78 Å². The zero-order valence-electron chi connectivity index (χ0n) is 11.3. The number of nitrogens with zero attached hydrogens (tertiary/aromatic N) is 3. The van der Waals surface area contributed by atoms with Gasteiger partial charge in [-0.15, -0.1) is 0 Å². The van der Waals surface area contributed by atoms with Gasteiger partial charge in [-0.05, 0) is 24.1 Å². The van der Waals surface area contributed by atoms with Crippen LogP contribution in [0.3, 0.4) is 0 Å². The molecule has 20 heavy (non-hydrogen) atoms. The first kappa shape index (κ1) is 15.0. The topological polar surface area (TPSA) is 47.8 Å². The number of carbonyl (C=O) groups excluding carboxylic acids is 1. The van der Waals surface area contributed by atoms with E-state index in [2.05, 4.69) is 23.9 Å². The number of halogens is 2. The summed E-state index contributed by atoms with van der Waals surface area (Å²) < 4.78 is 1.76. The number of rotatable bonds is 5. The molecule has 0 radical (unpaired) electrons. The molecular weight excluding hydrogens is 297 g/mol. The molecule has 0 aliphatic carbocycles. The SMILES string of the molecule is CC(C)Cn1ncnc1CC(=O)c1ccc(Cl)c(Cl)c1. The quantitative estimate of drug-likeness (QED) is 0.792. The van der Waals surface area contributed by atoms with E-state index in [1.807, 2.05) is 0 Å². The number of aromatic nitrogens is 3. The van der Waals surface area contributed by atoms with Gasteiger partial charge in [-0.2, -0.15) is 5.10 Å². The first-order chi connectivity index (χ1) is 9.47. The summed E-state index contributed by atoms with van der Waals surface area (Å²) in [6, 6.07) is 4.87. The molecule has 6 heteroatoms. The van der Waals surface area contributed by atoms with E-state index in [4.69, 9.17) is 23.2 Å². The molecule has 0 saturated carbocycles. The summed E-state index contributed by atoms with van der Waals surface area (Å²) in [4.78, 5) is 16.4. The predicted octanol–water partition coefficient (Wildman–Crippen LogP) is 3.67. The maximum Gasteiger partial charge on any atom is 0.170 e. The van der Waals surface area contributed by atoms with E-state index in [9.17, 15) is 4.79 Å². The summed E-state index contributed by atoms with van der Waals surface area (Å²) in [6.07, 6.45) is 1.67. The van der Waals surface area contributed by atoms with Gasteiger partial charge >= 0.3 is 0 Å². The lowest BCUT2D eigenvalue weighted by Crippen LogP contribution is -2.14. The lowest BCUT2D eigenvalue weighted by atomic mass is 10.1. The van der Waals surface area contributed by atoms with E-state index in [0.717, 1.165) is 6.54 Å². The van der Waals surface area contributed by atoms with Crippen LogP contribution >= 0.6 is 23.2 Å². The zero-order chi connectivity index (χ0) is 14.7.